The van der Waals surface area contributed by atoms with E-state index in [0.717, 1.165) is 24.0 Å². The van der Waals surface area contributed by atoms with E-state index in [9.17, 15) is 4.79 Å². The number of carbonyl (C=O) groups excluding carboxylic acids is 1. The van der Waals surface area contributed by atoms with Crippen LogP contribution >= 0.6 is 0 Å². The first-order valence-corrected chi connectivity index (χ1v) is 6.92. The summed E-state index contributed by atoms with van der Waals surface area (Å²) in [5.74, 6) is 5.83. The second-order valence-corrected chi connectivity index (χ2v) is 4.56. The highest BCUT2D eigenvalue weighted by molar-refractivity contribution is 5.90. The Morgan fingerprint density at radius 2 is 2.20 bits per heavy atom. The molecule has 4 heteroatoms. The van der Waals surface area contributed by atoms with Crippen molar-refractivity contribution in [3.05, 3.63) is 29.3 Å². The molecule has 1 aromatic carbocycles. The number of amides is 2. The van der Waals surface area contributed by atoms with Crippen LogP contribution in [0.25, 0.3) is 0 Å². The molecule has 20 heavy (non-hydrogen) atoms. The highest BCUT2D eigenvalue weighted by Gasteiger charge is 2.05. The smallest absolute Gasteiger partial charge is 0.319 e. The van der Waals surface area contributed by atoms with Gasteiger partial charge in [-0.3, -0.25) is 0 Å². The minimum absolute atomic E-state index is 0.0408. The van der Waals surface area contributed by atoms with Crippen LogP contribution in [0, 0.1) is 18.8 Å². The van der Waals surface area contributed by atoms with Gasteiger partial charge in [0.05, 0.1) is 12.3 Å². The lowest BCUT2D eigenvalue weighted by Crippen LogP contribution is -2.29. The number of hydrogen-bond donors (Lipinski definition) is 3. The molecule has 0 saturated heterocycles. The van der Waals surface area contributed by atoms with Crippen molar-refractivity contribution in [1.82, 2.24) is 5.32 Å². The topological polar surface area (TPSA) is 61.4 Å². The molecule has 1 rings (SSSR count). The van der Waals surface area contributed by atoms with Gasteiger partial charge in [0.25, 0.3) is 0 Å². The van der Waals surface area contributed by atoms with Gasteiger partial charge in [-0.2, -0.15) is 0 Å². The maximum Gasteiger partial charge on any atom is 0.319 e. The second kappa shape index (κ2) is 9.00. The van der Waals surface area contributed by atoms with E-state index >= 15 is 0 Å². The normalized spacial score (nSPS) is 9.55. The molecule has 0 heterocycles. The monoisotopic (exact) mass is 274 g/mol. The number of aryl methyl sites for hydroxylation is 1. The van der Waals surface area contributed by atoms with Crippen LogP contribution in [0.3, 0.4) is 0 Å². The summed E-state index contributed by atoms with van der Waals surface area (Å²) >= 11 is 0. The van der Waals surface area contributed by atoms with Crippen molar-refractivity contribution in [3.63, 3.8) is 0 Å². The van der Waals surface area contributed by atoms with Crippen LogP contribution in [0.15, 0.2) is 18.2 Å². The Morgan fingerprint density at radius 1 is 1.40 bits per heavy atom. The molecule has 0 bridgehead atoms. The summed E-state index contributed by atoms with van der Waals surface area (Å²) in [6.45, 7) is 4.75. The molecule has 0 unspecified atom stereocenters. The van der Waals surface area contributed by atoms with Crippen molar-refractivity contribution in [3.8, 4) is 11.8 Å². The minimum atomic E-state index is -0.214. The Hall–Kier alpha value is -1.99. The van der Waals surface area contributed by atoms with E-state index in [1.165, 1.54) is 0 Å². The largest absolute Gasteiger partial charge is 0.395 e. The van der Waals surface area contributed by atoms with Gasteiger partial charge in [-0.05, 0) is 31.0 Å². The van der Waals surface area contributed by atoms with Gasteiger partial charge in [-0.15, -0.1) is 0 Å². The van der Waals surface area contributed by atoms with E-state index in [1.807, 2.05) is 25.1 Å². The van der Waals surface area contributed by atoms with E-state index in [2.05, 4.69) is 29.4 Å². The molecular weight excluding hydrogens is 252 g/mol. The fraction of sp³-hybridized carbons (Fsp3) is 0.438. The number of anilines is 1. The molecule has 0 aliphatic rings. The summed E-state index contributed by atoms with van der Waals surface area (Å²) in [5, 5.41) is 14.4. The van der Waals surface area contributed by atoms with Crippen LogP contribution in [0.4, 0.5) is 10.5 Å². The van der Waals surface area contributed by atoms with Gasteiger partial charge in [-0.25, -0.2) is 4.79 Å². The van der Waals surface area contributed by atoms with Crippen molar-refractivity contribution in [2.45, 2.75) is 33.1 Å². The Morgan fingerprint density at radius 3 is 2.90 bits per heavy atom. The molecule has 108 valence electrons. The first-order chi connectivity index (χ1) is 9.67. The molecule has 0 atom stereocenters. The minimum Gasteiger partial charge on any atom is -0.395 e. The van der Waals surface area contributed by atoms with Crippen molar-refractivity contribution >= 4 is 11.7 Å². The lowest BCUT2D eigenvalue weighted by Gasteiger charge is -2.10. The van der Waals surface area contributed by atoms with Gasteiger partial charge >= 0.3 is 6.03 Å². The first kappa shape index (κ1) is 16.1. The van der Waals surface area contributed by atoms with Gasteiger partial charge in [0.1, 0.15) is 0 Å². The van der Waals surface area contributed by atoms with Crippen LogP contribution in [-0.4, -0.2) is 24.3 Å². The Kier molecular flexibility index (Phi) is 7.23. The van der Waals surface area contributed by atoms with Crippen LogP contribution < -0.4 is 10.6 Å². The van der Waals surface area contributed by atoms with Gasteiger partial charge in [0, 0.05) is 18.5 Å². The fourth-order valence-corrected chi connectivity index (χ4v) is 1.63. The number of aliphatic hydroxyl groups is 1. The van der Waals surface area contributed by atoms with Crippen molar-refractivity contribution in [2.24, 2.45) is 0 Å². The van der Waals surface area contributed by atoms with E-state index in [4.69, 9.17) is 5.11 Å². The van der Waals surface area contributed by atoms with Gasteiger partial charge in [0.15, 0.2) is 0 Å². The number of nitrogens with one attached hydrogen (secondary N) is 2. The molecular formula is C16H22N2O2. The molecule has 0 saturated carbocycles. The van der Waals surface area contributed by atoms with Crippen LogP contribution in [0.2, 0.25) is 0 Å². The number of urea groups is 1. The Bertz CT molecular complexity index is 501. The van der Waals surface area contributed by atoms with Crippen LogP contribution in [-0.2, 0) is 0 Å². The van der Waals surface area contributed by atoms with Crippen molar-refractivity contribution in [2.75, 3.05) is 18.5 Å². The third kappa shape index (κ3) is 5.77. The molecule has 2 amide bonds. The molecule has 0 fully saturated rings. The number of benzene rings is 1. The van der Waals surface area contributed by atoms with E-state index in [1.54, 1.807) is 0 Å². The summed E-state index contributed by atoms with van der Waals surface area (Å²) in [4.78, 5) is 11.8. The fourth-order valence-electron chi connectivity index (χ4n) is 1.63. The van der Waals surface area contributed by atoms with Crippen molar-refractivity contribution in [1.29, 1.82) is 0 Å². The number of hydrogen-bond acceptors (Lipinski definition) is 2. The predicted octanol–water partition coefficient (Wildman–Crippen LogP) is 2.65. The van der Waals surface area contributed by atoms with E-state index in [0.29, 0.717) is 18.7 Å². The molecule has 0 spiro atoms. The third-order valence-electron chi connectivity index (χ3n) is 2.70. The van der Waals surface area contributed by atoms with Crippen LogP contribution in [0.1, 0.15) is 37.3 Å². The Balaban J connectivity index is 2.74. The Labute approximate surface area is 120 Å². The molecule has 0 aromatic heterocycles. The lowest BCUT2D eigenvalue weighted by molar-refractivity contribution is 0.252. The van der Waals surface area contributed by atoms with Gasteiger partial charge in [-0.1, -0.05) is 31.3 Å². The number of unbranched alkanes of at least 4 members (excludes halogenated alkanes) is 1. The SMILES string of the molecule is CCCCNC(=O)Nc1cc(C)ccc1C#CCCO. The maximum absolute atomic E-state index is 11.8. The zero-order valence-corrected chi connectivity index (χ0v) is 12.1. The van der Waals surface area contributed by atoms with Crippen LogP contribution in [0.5, 0.6) is 0 Å². The highest BCUT2D eigenvalue weighted by Crippen LogP contribution is 2.16. The van der Waals surface area contributed by atoms with E-state index in [-0.39, 0.29) is 12.6 Å². The first-order valence-electron chi connectivity index (χ1n) is 6.92. The average Bonchev–Trinajstić information content (AvgIpc) is 2.42. The standard InChI is InChI=1S/C16H22N2O2/c1-3-4-10-17-16(20)18-15-12-13(2)8-9-14(15)7-5-6-11-19/h8-9,12,19H,3-4,6,10-11H2,1-2H3,(H2,17,18,20). The predicted molar refractivity (Wildman–Crippen MR) is 81.7 cm³/mol. The zero-order chi connectivity index (χ0) is 14.8. The highest BCUT2D eigenvalue weighted by atomic mass is 16.2. The zero-order valence-electron chi connectivity index (χ0n) is 12.1. The van der Waals surface area contributed by atoms with Gasteiger partial charge < -0.3 is 15.7 Å². The summed E-state index contributed by atoms with van der Waals surface area (Å²) in [6.07, 6.45) is 2.43. The number of aliphatic hydroxyl groups excluding tert-OH is 1. The quantitative estimate of drug-likeness (QED) is 0.571. The molecule has 3 N–H and O–H groups in total. The lowest BCUT2D eigenvalue weighted by atomic mass is 10.1. The maximum atomic E-state index is 11.8. The average molecular weight is 274 g/mol. The molecule has 0 aliphatic carbocycles. The summed E-state index contributed by atoms with van der Waals surface area (Å²) in [7, 11) is 0. The summed E-state index contributed by atoms with van der Waals surface area (Å²) in [6, 6.07) is 5.50. The number of carbonyl (C=O) groups is 1. The molecule has 1 aromatic rings. The van der Waals surface area contributed by atoms with Gasteiger partial charge in [0.2, 0.25) is 0 Å². The van der Waals surface area contributed by atoms with E-state index < -0.39 is 0 Å². The molecule has 0 aliphatic heterocycles. The summed E-state index contributed by atoms with van der Waals surface area (Å²) < 4.78 is 0. The number of rotatable bonds is 5. The summed E-state index contributed by atoms with van der Waals surface area (Å²) in [5.41, 5.74) is 2.51. The third-order valence-corrected chi connectivity index (χ3v) is 2.70. The van der Waals surface area contributed by atoms with Crippen molar-refractivity contribution < 1.29 is 9.90 Å². The second-order valence-electron chi connectivity index (χ2n) is 4.56. The molecule has 4 nitrogen and oxygen atoms in total. The molecule has 0 radical (unpaired) electrons.